The summed E-state index contributed by atoms with van der Waals surface area (Å²) in [5.41, 5.74) is 6.23. The fourth-order valence-corrected chi connectivity index (χ4v) is 1.98. The van der Waals surface area contributed by atoms with Crippen LogP contribution in [0.3, 0.4) is 0 Å². The lowest BCUT2D eigenvalue weighted by Gasteiger charge is -2.24. The molecule has 0 aliphatic heterocycles. The highest BCUT2D eigenvalue weighted by Gasteiger charge is 2.19. The maximum Gasteiger partial charge on any atom is 0.257 e. The first-order valence-corrected chi connectivity index (χ1v) is 6.99. The first-order valence-electron chi connectivity index (χ1n) is 6.19. The van der Waals surface area contributed by atoms with Gasteiger partial charge in [-0.05, 0) is 34.8 Å². The van der Waals surface area contributed by atoms with Gasteiger partial charge in [0.25, 0.3) is 5.91 Å². The van der Waals surface area contributed by atoms with Crippen LogP contribution in [-0.2, 0) is 0 Å². The van der Waals surface area contributed by atoms with Crippen LogP contribution in [0.15, 0.2) is 16.7 Å². The Hall–Kier alpha value is -1.10. The van der Waals surface area contributed by atoms with Crippen molar-refractivity contribution in [3.05, 3.63) is 22.3 Å². The Bertz CT molecular complexity index is 423. The van der Waals surface area contributed by atoms with E-state index >= 15 is 0 Å². The van der Waals surface area contributed by atoms with Crippen molar-refractivity contribution < 1.29 is 4.79 Å². The molecule has 0 radical (unpaired) electrons. The first-order chi connectivity index (χ1) is 8.49. The third-order valence-electron chi connectivity index (χ3n) is 3.01. The third kappa shape index (κ3) is 3.70. The molecule has 0 saturated carbocycles. The molecule has 0 spiro atoms. The zero-order valence-electron chi connectivity index (χ0n) is 11.1. The number of aromatic nitrogens is 1. The number of nitrogens with zero attached hydrogens (tertiary/aromatic N) is 2. The van der Waals surface area contributed by atoms with E-state index in [1.807, 2.05) is 11.8 Å². The van der Waals surface area contributed by atoms with Crippen LogP contribution in [0, 0.1) is 5.92 Å². The number of carbonyl (C=O) groups excluding carboxylic acids is 1. The summed E-state index contributed by atoms with van der Waals surface area (Å²) in [6.07, 6.45) is 2.65. The quantitative estimate of drug-likeness (QED) is 0.909. The van der Waals surface area contributed by atoms with Gasteiger partial charge >= 0.3 is 0 Å². The number of nitrogens with two attached hydrogens (primary N) is 1. The van der Waals surface area contributed by atoms with Crippen molar-refractivity contribution in [3.63, 3.8) is 0 Å². The molecule has 5 heteroatoms. The molecule has 100 valence electrons. The SMILES string of the molecule is CCC(C)CN(CC)C(=O)c1cc(Br)cnc1N. The standard InChI is InChI=1S/C13H20BrN3O/c1-4-9(3)8-17(5-2)13(18)11-6-10(14)7-16-12(11)15/h6-7,9H,4-5,8H2,1-3H3,(H2,15,16). The molecule has 1 amide bonds. The third-order valence-corrected chi connectivity index (χ3v) is 3.45. The van der Waals surface area contributed by atoms with Gasteiger partial charge in [0.05, 0.1) is 5.56 Å². The molecule has 1 aromatic rings. The lowest BCUT2D eigenvalue weighted by atomic mass is 10.1. The van der Waals surface area contributed by atoms with Gasteiger partial charge in [0.15, 0.2) is 0 Å². The van der Waals surface area contributed by atoms with Crippen LogP contribution >= 0.6 is 15.9 Å². The van der Waals surface area contributed by atoms with Crippen LogP contribution in [0.2, 0.25) is 0 Å². The summed E-state index contributed by atoms with van der Waals surface area (Å²) in [6.45, 7) is 7.66. The highest BCUT2D eigenvalue weighted by Crippen LogP contribution is 2.18. The monoisotopic (exact) mass is 313 g/mol. The maximum absolute atomic E-state index is 12.4. The highest BCUT2D eigenvalue weighted by atomic mass is 79.9. The minimum atomic E-state index is -0.0518. The molecule has 0 saturated heterocycles. The van der Waals surface area contributed by atoms with Crippen LogP contribution < -0.4 is 5.73 Å². The van der Waals surface area contributed by atoms with E-state index in [4.69, 9.17) is 5.73 Å². The van der Waals surface area contributed by atoms with Gasteiger partial charge in [-0.2, -0.15) is 0 Å². The number of nitrogen functional groups attached to an aromatic ring is 1. The van der Waals surface area contributed by atoms with Crippen molar-refractivity contribution in [3.8, 4) is 0 Å². The van der Waals surface area contributed by atoms with Crippen molar-refractivity contribution >= 4 is 27.7 Å². The minimum absolute atomic E-state index is 0.0518. The van der Waals surface area contributed by atoms with Crippen molar-refractivity contribution in [1.82, 2.24) is 9.88 Å². The smallest absolute Gasteiger partial charge is 0.257 e. The molecule has 1 aromatic heterocycles. The molecule has 1 atom stereocenters. The normalized spacial score (nSPS) is 12.2. The first kappa shape index (κ1) is 15.0. The largest absolute Gasteiger partial charge is 0.383 e. The van der Waals surface area contributed by atoms with E-state index in [0.29, 0.717) is 18.0 Å². The van der Waals surface area contributed by atoms with E-state index in [2.05, 4.69) is 34.8 Å². The van der Waals surface area contributed by atoms with Gasteiger partial charge in [0, 0.05) is 23.8 Å². The summed E-state index contributed by atoms with van der Waals surface area (Å²) in [6, 6.07) is 1.73. The molecule has 18 heavy (non-hydrogen) atoms. The van der Waals surface area contributed by atoms with Crippen molar-refractivity contribution in [2.24, 2.45) is 5.92 Å². The summed E-state index contributed by atoms with van der Waals surface area (Å²) >= 11 is 3.31. The van der Waals surface area contributed by atoms with E-state index in [9.17, 15) is 4.79 Å². The molecule has 2 N–H and O–H groups in total. The molecule has 1 heterocycles. The lowest BCUT2D eigenvalue weighted by Crippen LogP contribution is -2.35. The topological polar surface area (TPSA) is 59.2 Å². The maximum atomic E-state index is 12.4. The van der Waals surface area contributed by atoms with Gasteiger partial charge in [-0.3, -0.25) is 4.79 Å². The van der Waals surface area contributed by atoms with Gasteiger partial charge < -0.3 is 10.6 Å². The van der Waals surface area contributed by atoms with Crippen LogP contribution in [0.25, 0.3) is 0 Å². The van der Waals surface area contributed by atoms with Gasteiger partial charge in [-0.1, -0.05) is 20.3 Å². The zero-order valence-corrected chi connectivity index (χ0v) is 12.7. The van der Waals surface area contributed by atoms with Crippen LogP contribution in [0.4, 0.5) is 5.82 Å². The molecule has 0 aliphatic carbocycles. The van der Waals surface area contributed by atoms with Crippen molar-refractivity contribution in [2.45, 2.75) is 27.2 Å². The number of pyridine rings is 1. The number of anilines is 1. The van der Waals surface area contributed by atoms with Crippen molar-refractivity contribution in [2.75, 3.05) is 18.8 Å². The molecule has 0 fully saturated rings. The van der Waals surface area contributed by atoms with Gasteiger partial charge in [-0.25, -0.2) is 4.98 Å². The molecular weight excluding hydrogens is 294 g/mol. The highest BCUT2D eigenvalue weighted by molar-refractivity contribution is 9.10. The van der Waals surface area contributed by atoms with E-state index in [1.165, 1.54) is 0 Å². The Labute approximate surface area is 117 Å². The summed E-state index contributed by atoms with van der Waals surface area (Å²) in [5, 5.41) is 0. The van der Waals surface area contributed by atoms with E-state index in [1.54, 1.807) is 12.3 Å². The summed E-state index contributed by atoms with van der Waals surface area (Å²) in [5.74, 6) is 0.713. The van der Waals surface area contributed by atoms with Crippen LogP contribution in [0.5, 0.6) is 0 Å². The predicted molar refractivity (Wildman–Crippen MR) is 77.4 cm³/mol. The number of carbonyl (C=O) groups is 1. The average molecular weight is 314 g/mol. The summed E-state index contributed by atoms with van der Waals surface area (Å²) in [4.78, 5) is 18.2. The van der Waals surface area contributed by atoms with Crippen molar-refractivity contribution in [1.29, 1.82) is 0 Å². The summed E-state index contributed by atoms with van der Waals surface area (Å²) in [7, 11) is 0. The second kappa shape index (κ2) is 6.73. The van der Waals surface area contributed by atoms with Gasteiger partial charge in [-0.15, -0.1) is 0 Å². The molecule has 4 nitrogen and oxygen atoms in total. The van der Waals surface area contributed by atoms with E-state index in [0.717, 1.165) is 17.4 Å². The lowest BCUT2D eigenvalue weighted by molar-refractivity contribution is 0.0741. The molecular formula is C13H20BrN3O. The molecule has 0 aliphatic rings. The van der Waals surface area contributed by atoms with E-state index < -0.39 is 0 Å². The Morgan fingerprint density at radius 2 is 2.22 bits per heavy atom. The number of halogens is 1. The number of hydrogen-bond donors (Lipinski definition) is 1. The average Bonchev–Trinajstić information content (AvgIpc) is 2.37. The molecule has 1 unspecified atom stereocenters. The second-order valence-corrected chi connectivity index (χ2v) is 5.36. The predicted octanol–water partition coefficient (Wildman–Crippen LogP) is 2.93. The Kier molecular flexibility index (Phi) is 5.59. The Balaban J connectivity index is 2.92. The fourth-order valence-electron chi connectivity index (χ4n) is 1.65. The van der Waals surface area contributed by atoms with Gasteiger partial charge in [0.1, 0.15) is 5.82 Å². The van der Waals surface area contributed by atoms with E-state index in [-0.39, 0.29) is 11.7 Å². The van der Waals surface area contributed by atoms with Crippen LogP contribution in [-0.4, -0.2) is 28.9 Å². The Morgan fingerprint density at radius 3 is 2.78 bits per heavy atom. The molecule has 1 rings (SSSR count). The summed E-state index contributed by atoms with van der Waals surface area (Å²) < 4.78 is 0.764. The Morgan fingerprint density at radius 1 is 1.56 bits per heavy atom. The van der Waals surface area contributed by atoms with Gasteiger partial charge in [0.2, 0.25) is 0 Å². The second-order valence-electron chi connectivity index (χ2n) is 4.44. The van der Waals surface area contributed by atoms with Crippen LogP contribution in [0.1, 0.15) is 37.6 Å². The molecule has 0 aromatic carbocycles. The number of amides is 1. The minimum Gasteiger partial charge on any atom is -0.383 e. The number of rotatable bonds is 5. The number of hydrogen-bond acceptors (Lipinski definition) is 3. The molecule has 0 bridgehead atoms. The fraction of sp³-hybridized carbons (Fsp3) is 0.538. The zero-order chi connectivity index (χ0) is 13.7.